The van der Waals surface area contributed by atoms with Crippen LogP contribution in [0.5, 0.6) is 11.5 Å². The third-order valence-electron chi connectivity index (χ3n) is 3.48. The molecule has 2 rings (SSSR count). The van der Waals surface area contributed by atoms with E-state index in [4.69, 9.17) is 15.2 Å². The van der Waals surface area contributed by atoms with Gasteiger partial charge in [-0.1, -0.05) is 6.92 Å². The molecule has 0 atom stereocenters. The maximum atomic E-state index is 5.97. The Hall–Kier alpha value is -1.38. The Labute approximate surface area is 103 Å². The minimum Gasteiger partial charge on any atom is -0.497 e. The van der Waals surface area contributed by atoms with E-state index in [1.165, 1.54) is 12.8 Å². The summed E-state index contributed by atoms with van der Waals surface area (Å²) in [4.78, 5) is 0. The lowest BCUT2D eigenvalue weighted by Crippen LogP contribution is -2.23. The van der Waals surface area contributed by atoms with Crippen molar-refractivity contribution < 1.29 is 9.47 Å². The van der Waals surface area contributed by atoms with Crippen LogP contribution in [0.1, 0.15) is 32.6 Å². The summed E-state index contributed by atoms with van der Waals surface area (Å²) in [5.74, 6) is 2.37. The van der Waals surface area contributed by atoms with Crippen molar-refractivity contribution in [3.63, 3.8) is 0 Å². The van der Waals surface area contributed by atoms with E-state index in [0.29, 0.717) is 11.8 Å². The molecule has 3 nitrogen and oxygen atoms in total. The zero-order valence-corrected chi connectivity index (χ0v) is 10.6. The first-order chi connectivity index (χ1) is 8.19. The zero-order valence-electron chi connectivity index (χ0n) is 10.6. The third kappa shape index (κ3) is 3.05. The van der Waals surface area contributed by atoms with Crippen LogP contribution in [0.25, 0.3) is 0 Å². The first-order valence-corrected chi connectivity index (χ1v) is 6.29. The van der Waals surface area contributed by atoms with E-state index in [1.54, 1.807) is 7.11 Å². The molecule has 1 aromatic rings. The van der Waals surface area contributed by atoms with Crippen molar-refractivity contribution in [1.82, 2.24) is 0 Å². The van der Waals surface area contributed by atoms with Gasteiger partial charge in [0.05, 0.1) is 18.9 Å². The second kappa shape index (κ2) is 5.30. The molecule has 0 aromatic heterocycles. The van der Waals surface area contributed by atoms with Crippen LogP contribution in [-0.4, -0.2) is 13.2 Å². The SMILES string of the molecule is COc1ccc(N)c(OC2CCC(C)CC2)c1. The summed E-state index contributed by atoms with van der Waals surface area (Å²) in [5.41, 5.74) is 6.59. The normalized spacial score (nSPS) is 24.4. The number of hydrogen-bond donors (Lipinski definition) is 1. The van der Waals surface area contributed by atoms with Gasteiger partial charge in [0.1, 0.15) is 11.5 Å². The van der Waals surface area contributed by atoms with Crippen molar-refractivity contribution in [3.05, 3.63) is 18.2 Å². The lowest BCUT2D eigenvalue weighted by molar-refractivity contribution is 0.136. The predicted octanol–water partition coefficient (Wildman–Crippen LogP) is 3.23. The summed E-state index contributed by atoms with van der Waals surface area (Å²) in [7, 11) is 1.65. The lowest BCUT2D eigenvalue weighted by Gasteiger charge is -2.27. The largest absolute Gasteiger partial charge is 0.497 e. The van der Waals surface area contributed by atoms with Crippen molar-refractivity contribution >= 4 is 5.69 Å². The monoisotopic (exact) mass is 235 g/mol. The van der Waals surface area contributed by atoms with Gasteiger partial charge in [-0.15, -0.1) is 0 Å². The Bertz CT molecular complexity index is 370. The summed E-state index contributed by atoms with van der Waals surface area (Å²) < 4.78 is 11.2. The number of benzene rings is 1. The maximum absolute atomic E-state index is 5.97. The Morgan fingerprint density at radius 3 is 2.53 bits per heavy atom. The molecule has 1 aliphatic carbocycles. The van der Waals surface area contributed by atoms with Gasteiger partial charge in [0.2, 0.25) is 0 Å². The number of anilines is 1. The van der Waals surface area contributed by atoms with Gasteiger partial charge in [-0.05, 0) is 43.7 Å². The first kappa shape index (κ1) is 12.1. The van der Waals surface area contributed by atoms with Crippen molar-refractivity contribution in [2.24, 2.45) is 5.92 Å². The molecule has 0 radical (unpaired) electrons. The predicted molar refractivity (Wildman–Crippen MR) is 69.5 cm³/mol. The molecule has 1 saturated carbocycles. The van der Waals surface area contributed by atoms with E-state index in [1.807, 2.05) is 18.2 Å². The molecule has 1 aromatic carbocycles. The van der Waals surface area contributed by atoms with Gasteiger partial charge in [0.25, 0.3) is 0 Å². The van der Waals surface area contributed by atoms with Gasteiger partial charge in [-0.3, -0.25) is 0 Å². The number of ether oxygens (including phenoxy) is 2. The molecular formula is C14H21NO2. The van der Waals surface area contributed by atoms with Crippen molar-refractivity contribution in [2.45, 2.75) is 38.7 Å². The molecule has 0 amide bonds. The molecule has 0 spiro atoms. The quantitative estimate of drug-likeness (QED) is 0.818. The highest BCUT2D eigenvalue weighted by Crippen LogP contribution is 2.32. The second-order valence-electron chi connectivity index (χ2n) is 4.90. The number of nitrogen functional groups attached to an aromatic ring is 1. The molecule has 3 heteroatoms. The van der Waals surface area contributed by atoms with Gasteiger partial charge in [-0.25, -0.2) is 0 Å². The Kier molecular flexibility index (Phi) is 3.77. The second-order valence-corrected chi connectivity index (χ2v) is 4.90. The summed E-state index contributed by atoms with van der Waals surface area (Å²) in [6.07, 6.45) is 5.04. The number of rotatable bonds is 3. The molecule has 94 valence electrons. The molecular weight excluding hydrogens is 214 g/mol. The van der Waals surface area contributed by atoms with Gasteiger partial charge in [0, 0.05) is 6.07 Å². The van der Waals surface area contributed by atoms with Crippen LogP contribution in [-0.2, 0) is 0 Å². The minimum absolute atomic E-state index is 0.306. The van der Waals surface area contributed by atoms with Crippen LogP contribution in [0, 0.1) is 5.92 Å². The molecule has 0 heterocycles. The molecule has 0 unspecified atom stereocenters. The molecule has 2 N–H and O–H groups in total. The van der Waals surface area contributed by atoms with Gasteiger partial charge in [-0.2, -0.15) is 0 Å². The van der Waals surface area contributed by atoms with Crippen LogP contribution < -0.4 is 15.2 Å². The first-order valence-electron chi connectivity index (χ1n) is 6.29. The van der Waals surface area contributed by atoms with Crippen molar-refractivity contribution in [1.29, 1.82) is 0 Å². The fraction of sp³-hybridized carbons (Fsp3) is 0.571. The van der Waals surface area contributed by atoms with Crippen molar-refractivity contribution in [3.8, 4) is 11.5 Å². The van der Waals surface area contributed by atoms with E-state index < -0.39 is 0 Å². The van der Waals surface area contributed by atoms with Crippen LogP contribution in [0.4, 0.5) is 5.69 Å². The van der Waals surface area contributed by atoms with Crippen LogP contribution in [0.2, 0.25) is 0 Å². The third-order valence-corrected chi connectivity index (χ3v) is 3.48. The topological polar surface area (TPSA) is 44.5 Å². The fourth-order valence-electron chi connectivity index (χ4n) is 2.27. The van der Waals surface area contributed by atoms with Crippen LogP contribution in [0.15, 0.2) is 18.2 Å². The minimum atomic E-state index is 0.306. The van der Waals surface area contributed by atoms with E-state index in [9.17, 15) is 0 Å². The van der Waals surface area contributed by atoms with E-state index in [-0.39, 0.29) is 0 Å². The van der Waals surface area contributed by atoms with Crippen LogP contribution in [0.3, 0.4) is 0 Å². The summed E-state index contributed by atoms with van der Waals surface area (Å²) in [6.45, 7) is 2.30. The van der Waals surface area contributed by atoms with E-state index in [0.717, 1.165) is 30.3 Å². The maximum Gasteiger partial charge on any atom is 0.146 e. The Morgan fingerprint density at radius 1 is 1.18 bits per heavy atom. The Balaban J connectivity index is 2.02. The highest BCUT2D eigenvalue weighted by atomic mass is 16.5. The number of nitrogens with two attached hydrogens (primary N) is 1. The molecule has 1 aliphatic rings. The fourth-order valence-corrected chi connectivity index (χ4v) is 2.27. The number of hydrogen-bond acceptors (Lipinski definition) is 3. The Morgan fingerprint density at radius 2 is 1.88 bits per heavy atom. The highest BCUT2D eigenvalue weighted by molar-refractivity contribution is 5.55. The summed E-state index contributed by atoms with van der Waals surface area (Å²) >= 11 is 0. The smallest absolute Gasteiger partial charge is 0.146 e. The summed E-state index contributed by atoms with van der Waals surface area (Å²) in [5, 5.41) is 0. The average Bonchev–Trinajstić information content (AvgIpc) is 2.35. The van der Waals surface area contributed by atoms with Gasteiger partial charge >= 0.3 is 0 Å². The lowest BCUT2D eigenvalue weighted by atomic mass is 9.89. The van der Waals surface area contributed by atoms with Gasteiger partial charge < -0.3 is 15.2 Å². The average molecular weight is 235 g/mol. The highest BCUT2D eigenvalue weighted by Gasteiger charge is 2.20. The molecule has 0 saturated heterocycles. The number of methoxy groups -OCH3 is 1. The van der Waals surface area contributed by atoms with Crippen LogP contribution >= 0.6 is 0 Å². The van der Waals surface area contributed by atoms with Crippen molar-refractivity contribution in [2.75, 3.05) is 12.8 Å². The van der Waals surface area contributed by atoms with Gasteiger partial charge in [0.15, 0.2) is 0 Å². The molecule has 17 heavy (non-hydrogen) atoms. The van der Waals surface area contributed by atoms with E-state index >= 15 is 0 Å². The van der Waals surface area contributed by atoms with E-state index in [2.05, 4.69) is 6.92 Å². The zero-order chi connectivity index (χ0) is 12.3. The molecule has 1 fully saturated rings. The molecule has 0 bridgehead atoms. The molecule has 0 aliphatic heterocycles. The summed E-state index contributed by atoms with van der Waals surface area (Å²) in [6, 6.07) is 5.55. The standard InChI is InChI=1S/C14H21NO2/c1-10-3-5-11(6-4-10)17-14-9-12(16-2)7-8-13(14)15/h7-11H,3-6,15H2,1-2H3.